The van der Waals surface area contributed by atoms with Crippen molar-refractivity contribution in [2.24, 2.45) is 0 Å². The van der Waals surface area contributed by atoms with Crippen LogP contribution in [-0.2, 0) is 11.0 Å². The predicted octanol–water partition coefficient (Wildman–Crippen LogP) is 4.10. The molecule has 9 heteroatoms. The van der Waals surface area contributed by atoms with E-state index in [0.29, 0.717) is 11.3 Å². The Kier molecular flexibility index (Phi) is 6.24. The molecule has 0 atom stereocenters. The Morgan fingerprint density at radius 3 is 2.63 bits per heavy atom. The maximum atomic E-state index is 13.1. The van der Waals surface area contributed by atoms with Gasteiger partial charge < -0.3 is 15.5 Å². The molecule has 3 aromatic rings. The first kappa shape index (κ1) is 20.5. The minimum Gasteiger partial charge on any atom is -0.481 e. The number of nitrogens with zero attached hydrogens (tertiary/aromatic N) is 1. The van der Waals surface area contributed by atoms with Crippen LogP contribution in [0, 0.1) is 0 Å². The number of aromatic nitrogens is 1. The van der Waals surface area contributed by atoms with Gasteiger partial charge in [-0.3, -0.25) is 9.78 Å². The van der Waals surface area contributed by atoms with Gasteiger partial charge in [-0.25, -0.2) is 0 Å². The molecular weight excluding hydrogens is 385 g/mol. The third kappa shape index (κ3) is 4.87. The number of anilines is 1. The molecule has 0 aliphatic rings. The van der Waals surface area contributed by atoms with Crippen LogP contribution in [0.15, 0.2) is 54.7 Å². The molecule has 0 saturated heterocycles. The van der Waals surface area contributed by atoms with Crippen LogP contribution in [0.4, 0.5) is 18.9 Å². The Morgan fingerprint density at radius 1 is 1.15 bits per heavy atom. The number of ether oxygens (including phenoxy) is 1. The lowest BCUT2D eigenvalue weighted by Gasteiger charge is -2.14. The molecule has 0 saturated carbocycles. The second kappa shape index (κ2) is 8.24. The van der Waals surface area contributed by atoms with Crippen molar-refractivity contribution in [2.75, 3.05) is 11.9 Å². The van der Waals surface area contributed by atoms with E-state index >= 15 is 0 Å². The molecule has 2 aromatic carbocycles. The first-order valence-electron chi connectivity index (χ1n) is 7.48. The maximum absolute atomic E-state index is 13.1. The topological polar surface area (TPSA) is 82.7 Å². The molecule has 0 fully saturated rings. The highest BCUT2D eigenvalue weighted by atomic mass is 35.5. The number of fused-ring (bicyclic) bond motifs is 1. The number of para-hydroxylation sites is 1. The van der Waals surface area contributed by atoms with Gasteiger partial charge in [0.05, 0.1) is 11.3 Å². The highest BCUT2D eigenvalue weighted by Gasteiger charge is 2.34. The fourth-order valence-corrected chi connectivity index (χ4v) is 2.55. The van der Waals surface area contributed by atoms with Gasteiger partial charge in [-0.05, 0) is 30.3 Å². The summed E-state index contributed by atoms with van der Waals surface area (Å²) in [5.41, 5.74) is -0.845. The SMILES string of the molecule is O.O=C(COc1cccc2cccnc12)Nc1ccc(Cl)cc1C(F)(F)F. The van der Waals surface area contributed by atoms with Crippen LogP contribution in [0.25, 0.3) is 10.9 Å². The number of benzene rings is 2. The Bertz CT molecular complexity index is 959. The normalized spacial score (nSPS) is 11.0. The number of hydrogen-bond donors (Lipinski definition) is 1. The molecule has 0 spiro atoms. The summed E-state index contributed by atoms with van der Waals surface area (Å²) in [6.07, 6.45) is -3.06. The summed E-state index contributed by atoms with van der Waals surface area (Å²) in [7, 11) is 0. The van der Waals surface area contributed by atoms with Gasteiger partial charge in [-0.2, -0.15) is 13.2 Å². The minimum atomic E-state index is -4.64. The van der Waals surface area contributed by atoms with Crippen molar-refractivity contribution in [3.8, 4) is 5.75 Å². The summed E-state index contributed by atoms with van der Waals surface area (Å²) in [5.74, 6) is -0.365. The van der Waals surface area contributed by atoms with Crippen molar-refractivity contribution >= 4 is 34.1 Å². The number of nitrogens with one attached hydrogen (secondary N) is 1. The maximum Gasteiger partial charge on any atom is 0.418 e. The van der Waals surface area contributed by atoms with E-state index in [4.69, 9.17) is 16.3 Å². The Morgan fingerprint density at radius 2 is 1.89 bits per heavy atom. The van der Waals surface area contributed by atoms with Crippen LogP contribution in [0.2, 0.25) is 5.02 Å². The monoisotopic (exact) mass is 398 g/mol. The first-order valence-corrected chi connectivity index (χ1v) is 7.85. The number of amides is 1. The zero-order chi connectivity index (χ0) is 18.7. The van der Waals surface area contributed by atoms with Gasteiger partial charge >= 0.3 is 6.18 Å². The molecule has 1 heterocycles. The molecular formula is C18H14ClF3N2O3. The van der Waals surface area contributed by atoms with Gasteiger partial charge in [-0.1, -0.05) is 29.8 Å². The molecule has 0 radical (unpaired) electrons. The summed E-state index contributed by atoms with van der Waals surface area (Å²) >= 11 is 5.61. The van der Waals surface area contributed by atoms with Crippen molar-refractivity contribution in [2.45, 2.75) is 6.18 Å². The van der Waals surface area contributed by atoms with E-state index < -0.39 is 24.3 Å². The lowest BCUT2D eigenvalue weighted by molar-refractivity contribution is -0.137. The van der Waals surface area contributed by atoms with Gasteiger partial charge in [0, 0.05) is 16.6 Å². The number of pyridine rings is 1. The third-order valence-electron chi connectivity index (χ3n) is 3.52. The number of rotatable bonds is 4. The van der Waals surface area contributed by atoms with Crippen LogP contribution in [0.3, 0.4) is 0 Å². The fourth-order valence-electron chi connectivity index (χ4n) is 2.38. The molecule has 0 bridgehead atoms. The largest absolute Gasteiger partial charge is 0.481 e. The first-order chi connectivity index (χ1) is 12.3. The van der Waals surface area contributed by atoms with Crippen molar-refractivity contribution in [3.05, 3.63) is 65.3 Å². The average molecular weight is 399 g/mol. The number of halogens is 4. The predicted molar refractivity (Wildman–Crippen MR) is 95.9 cm³/mol. The lowest BCUT2D eigenvalue weighted by atomic mass is 10.1. The van der Waals surface area contributed by atoms with Crippen molar-refractivity contribution in [1.29, 1.82) is 0 Å². The smallest absolute Gasteiger partial charge is 0.418 e. The molecule has 1 amide bonds. The second-order valence-corrected chi connectivity index (χ2v) is 5.79. The van der Waals surface area contributed by atoms with Gasteiger partial charge in [0.25, 0.3) is 5.91 Å². The minimum absolute atomic E-state index is 0. The van der Waals surface area contributed by atoms with Gasteiger partial charge in [0.15, 0.2) is 6.61 Å². The Hall–Kier alpha value is -2.84. The fraction of sp³-hybridized carbons (Fsp3) is 0.111. The summed E-state index contributed by atoms with van der Waals surface area (Å²) in [5, 5.41) is 2.95. The van der Waals surface area contributed by atoms with E-state index in [-0.39, 0.29) is 16.2 Å². The van der Waals surface area contributed by atoms with E-state index in [1.165, 1.54) is 6.07 Å². The van der Waals surface area contributed by atoms with Gasteiger partial charge in [0.2, 0.25) is 0 Å². The number of carbonyl (C=O) groups excluding carboxylic acids is 1. The zero-order valence-corrected chi connectivity index (χ0v) is 14.4. The van der Waals surface area contributed by atoms with Crippen LogP contribution in [0.5, 0.6) is 5.75 Å². The molecule has 1 aromatic heterocycles. The van der Waals surface area contributed by atoms with Crippen LogP contribution >= 0.6 is 11.6 Å². The number of alkyl halides is 3. The van der Waals surface area contributed by atoms with E-state index in [1.807, 2.05) is 12.1 Å². The van der Waals surface area contributed by atoms with E-state index in [1.54, 1.807) is 24.4 Å². The second-order valence-electron chi connectivity index (χ2n) is 5.36. The van der Waals surface area contributed by atoms with Crippen molar-refractivity contribution in [1.82, 2.24) is 4.98 Å². The molecule has 27 heavy (non-hydrogen) atoms. The Labute approximate surface area is 157 Å². The van der Waals surface area contributed by atoms with Gasteiger partial charge in [-0.15, -0.1) is 0 Å². The molecule has 3 N–H and O–H groups in total. The van der Waals surface area contributed by atoms with Crippen LogP contribution < -0.4 is 10.1 Å². The van der Waals surface area contributed by atoms with E-state index in [9.17, 15) is 18.0 Å². The van der Waals surface area contributed by atoms with Crippen LogP contribution in [-0.4, -0.2) is 23.0 Å². The summed E-state index contributed by atoms with van der Waals surface area (Å²) in [4.78, 5) is 16.2. The van der Waals surface area contributed by atoms with E-state index in [0.717, 1.165) is 17.5 Å². The summed E-state index contributed by atoms with van der Waals surface area (Å²) in [6.45, 7) is -0.463. The number of hydrogen-bond acceptors (Lipinski definition) is 3. The quantitative estimate of drug-likeness (QED) is 0.718. The highest BCUT2D eigenvalue weighted by molar-refractivity contribution is 6.30. The molecule has 0 aliphatic heterocycles. The van der Waals surface area contributed by atoms with Crippen LogP contribution in [0.1, 0.15) is 5.56 Å². The molecule has 5 nitrogen and oxygen atoms in total. The Balaban J connectivity index is 0.00000261. The average Bonchev–Trinajstić information content (AvgIpc) is 2.60. The van der Waals surface area contributed by atoms with E-state index in [2.05, 4.69) is 10.3 Å². The summed E-state index contributed by atoms with van der Waals surface area (Å²) in [6, 6.07) is 11.9. The van der Waals surface area contributed by atoms with Gasteiger partial charge in [0.1, 0.15) is 11.3 Å². The lowest BCUT2D eigenvalue weighted by Crippen LogP contribution is -2.22. The molecule has 142 valence electrons. The third-order valence-corrected chi connectivity index (χ3v) is 3.75. The summed E-state index contributed by atoms with van der Waals surface area (Å²) < 4.78 is 44.6. The highest BCUT2D eigenvalue weighted by Crippen LogP contribution is 2.36. The molecule has 0 aliphatic carbocycles. The molecule has 0 unspecified atom stereocenters. The van der Waals surface area contributed by atoms with Crippen molar-refractivity contribution in [3.63, 3.8) is 0 Å². The number of carbonyl (C=O) groups is 1. The molecule has 3 rings (SSSR count). The standard InChI is InChI=1S/C18H12ClF3N2O2.H2O/c19-12-6-7-14(13(9-12)18(20,21)22)24-16(25)10-26-15-5-1-3-11-4-2-8-23-17(11)15;/h1-9H,10H2,(H,24,25);1H2. The zero-order valence-electron chi connectivity index (χ0n) is 13.7. The van der Waals surface area contributed by atoms with Crippen molar-refractivity contribution < 1.29 is 28.2 Å².